The van der Waals surface area contributed by atoms with Crippen molar-refractivity contribution < 1.29 is 9.59 Å². The van der Waals surface area contributed by atoms with E-state index in [4.69, 9.17) is 0 Å². The summed E-state index contributed by atoms with van der Waals surface area (Å²) in [4.78, 5) is 28.1. The monoisotopic (exact) mass is 395 g/mol. The smallest absolute Gasteiger partial charge is 0.219 e. The van der Waals surface area contributed by atoms with E-state index in [9.17, 15) is 9.59 Å². The molecule has 0 bridgehead atoms. The molecule has 0 saturated carbocycles. The van der Waals surface area contributed by atoms with Crippen LogP contribution in [0.2, 0.25) is 0 Å². The first-order valence-electron chi connectivity index (χ1n) is 10.2. The van der Waals surface area contributed by atoms with E-state index >= 15 is 0 Å². The summed E-state index contributed by atoms with van der Waals surface area (Å²) in [6.45, 7) is 9.04. The second-order valence-corrected chi connectivity index (χ2v) is 8.56. The lowest BCUT2D eigenvalue weighted by atomic mass is 9.80. The van der Waals surface area contributed by atoms with Gasteiger partial charge in [-0.2, -0.15) is 5.10 Å². The molecule has 2 atom stereocenters. The number of piperidine rings is 1. The minimum atomic E-state index is -0.358. The van der Waals surface area contributed by atoms with Gasteiger partial charge in [0.1, 0.15) is 0 Å². The SMILES string of the molecule is CC(=O)N[C@@]12CN(Cc3cnn(-c4ccc(C)cc4)c3)CC[C@@H]1CN(C(C)=O)C2. The molecule has 7 nitrogen and oxygen atoms in total. The average molecular weight is 396 g/mol. The van der Waals surface area contributed by atoms with Crippen LogP contribution in [-0.2, 0) is 16.1 Å². The second kappa shape index (κ2) is 7.63. The predicted molar refractivity (Wildman–Crippen MR) is 110 cm³/mol. The first kappa shape index (κ1) is 19.6. The Bertz CT molecular complexity index is 906. The van der Waals surface area contributed by atoms with Gasteiger partial charge in [-0.25, -0.2) is 4.68 Å². The number of rotatable bonds is 4. The van der Waals surface area contributed by atoms with Crippen LogP contribution in [0.5, 0.6) is 0 Å². The number of hydrogen-bond acceptors (Lipinski definition) is 4. The molecule has 154 valence electrons. The van der Waals surface area contributed by atoms with Gasteiger partial charge in [-0.15, -0.1) is 0 Å². The number of nitrogens with zero attached hydrogens (tertiary/aromatic N) is 4. The fraction of sp³-hybridized carbons (Fsp3) is 0.500. The molecule has 1 N–H and O–H groups in total. The molecule has 2 aromatic rings. The third-order valence-electron chi connectivity index (χ3n) is 6.21. The number of amides is 2. The van der Waals surface area contributed by atoms with Gasteiger partial charge in [0, 0.05) is 57.7 Å². The molecule has 1 aromatic heterocycles. The summed E-state index contributed by atoms with van der Waals surface area (Å²) in [7, 11) is 0. The van der Waals surface area contributed by atoms with E-state index in [-0.39, 0.29) is 17.4 Å². The fourth-order valence-electron chi connectivity index (χ4n) is 4.78. The standard InChI is InChI=1S/C22H29N5O2/c1-16-4-6-21(7-5-16)27-12-19(10-23-27)11-25-9-8-20-13-26(18(3)29)15-22(20,14-25)24-17(2)28/h4-7,10,12,20H,8-9,11,13-15H2,1-3H3,(H,24,28)/t20-,22-/m1/s1. The lowest BCUT2D eigenvalue weighted by Gasteiger charge is -2.44. The van der Waals surface area contributed by atoms with Crippen LogP contribution in [0.25, 0.3) is 5.69 Å². The number of aryl methyl sites for hydroxylation is 1. The highest BCUT2D eigenvalue weighted by Gasteiger charge is 2.50. The average Bonchev–Trinajstić information content (AvgIpc) is 3.26. The van der Waals surface area contributed by atoms with Gasteiger partial charge in [-0.1, -0.05) is 17.7 Å². The summed E-state index contributed by atoms with van der Waals surface area (Å²) < 4.78 is 1.90. The number of fused-ring (bicyclic) bond motifs is 1. The normalized spacial score (nSPS) is 24.4. The maximum absolute atomic E-state index is 11.9. The highest BCUT2D eigenvalue weighted by molar-refractivity contribution is 5.76. The molecule has 0 spiro atoms. The molecule has 29 heavy (non-hydrogen) atoms. The summed E-state index contributed by atoms with van der Waals surface area (Å²) in [6.07, 6.45) is 4.95. The highest BCUT2D eigenvalue weighted by atomic mass is 16.2. The summed E-state index contributed by atoms with van der Waals surface area (Å²) in [5.41, 5.74) is 3.05. The Morgan fingerprint density at radius 2 is 1.97 bits per heavy atom. The van der Waals surface area contributed by atoms with Crippen molar-refractivity contribution in [3.8, 4) is 5.69 Å². The van der Waals surface area contributed by atoms with Crippen molar-refractivity contribution in [3.63, 3.8) is 0 Å². The van der Waals surface area contributed by atoms with E-state index in [1.807, 2.05) is 15.8 Å². The number of benzene rings is 1. The molecule has 0 unspecified atom stereocenters. The minimum absolute atomic E-state index is 0.0329. The molecule has 2 amide bonds. The maximum atomic E-state index is 11.9. The van der Waals surface area contributed by atoms with Gasteiger partial charge in [0.15, 0.2) is 0 Å². The number of carbonyl (C=O) groups is 2. The van der Waals surface area contributed by atoms with E-state index in [2.05, 4.69) is 52.7 Å². The molecular weight excluding hydrogens is 366 g/mol. The molecule has 0 radical (unpaired) electrons. The molecule has 2 saturated heterocycles. The zero-order valence-corrected chi connectivity index (χ0v) is 17.4. The lowest BCUT2D eigenvalue weighted by Crippen LogP contribution is -2.63. The number of likely N-dealkylation sites (tertiary alicyclic amines) is 2. The lowest BCUT2D eigenvalue weighted by molar-refractivity contribution is -0.128. The van der Waals surface area contributed by atoms with Crippen LogP contribution in [0, 0.1) is 12.8 Å². The van der Waals surface area contributed by atoms with E-state index in [0.29, 0.717) is 12.5 Å². The Balaban J connectivity index is 1.48. The van der Waals surface area contributed by atoms with Gasteiger partial charge in [0.25, 0.3) is 0 Å². The summed E-state index contributed by atoms with van der Waals surface area (Å²) in [5, 5.41) is 7.72. The zero-order chi connectivity index (χ0) is 20.6. The first-order chi connectivity index (χ1) is 13.8. The van der Waals surface area contributed by atoms with E-state index in [0.717, 1.165) is 43.9 Å². The third-order valence-corrected chi connectivity index (χ3v) is 6.21. The molecule has 1 aromatic carbocycles. The van der Waals surface area contributed by atoms with E-state index < -0.39 is 0 Å². The summed E-state index contributed by atoms with van der Waals surface area (Å²) in [6, 6.07) is 8.30. The number of aromatic nitrogens is 2. The minimum Gasteiger partial charge on any atom is -0.347 e. The van der Waals surface area contributed by atoms with Crippen LogP contribution in [0.4, 0.5) is 0 Å². The molecule has 2 fully saturated rings. The van der Waals surface area contributed by atoms with Crippen molar-refractivity contribution in [2.45, 2.75) is 39.3 Å². The number of carbonyl (C=O) groups excluding carboxylic acids is 2. The van der Waals surface area contributed by atoms with Crippen molar-refractivity contribution in [1.29, 1.82) is 0 Å². The Labute approximate surface area is 171 Å². The van der Waals surface area contributed by atoms with Crippen molar-refractivity contribution in [2.75, 3.05) is 26.2 Å². The maximum Gasteiger partial charge on any atom is 0.219 e. The van der Waals surface area contributed by atoms with Gasteiger partial charge < -0.3 is 10.2 Å². The quantitative estimate of drug-likeness (QED) is 0.856. The largest absolute Gasteiger partial charge is 0.347 e. The molecule has 7 heteroatoms. The molecule has 2 aliphatic heterocycles. The highest BCUT2D eigenvalue weighted by Crippen LogP contribution is 2.35. The molecule has 4 rings (SSSR count). The van der Waals surface area contributed by atoms with E-state index in [1.165, 1.54) is 5.56 Å². The van der Waals surface area contributed by atoms with Gasteiger partial charge in [-0.3, -0.25) is 14.5 Å². The second-order valence-electron chi connectivity index (χ2n) is 8.56. The fourth-order valence-corrected chi connectivity index (χ4v) is 4.78. The van der Waals surface area contributed by atoms with Crippen LogP contribution in [0.3, 0.4) is 0 Å². The van der Waals surface area contributed by atoms with Crippen molar-refractivity contribution >= 4 is 11.8 Å². The summed E-state index contributed by atoms with van der Waals surface area (Å²) in [5.74, 6) is 0.353. The number of nitrogens with one attached hydrogen (secondary N) is 1. The molecule has 3 heterocycles. The molecule has 0 aliphatic carbocycles. The zero-order valence-electron chi connectivity index (χ0n) is 17.4. The molecule has 2 aliphatic rings. The van der Waals surface area contributed by atoms with Crippen LogP contribution < -0.4 is 5.32 Å². The topological polar surface area (TPSA) is 70.5 Å². The van der Waals surface area contributed by atoms with Crippen LogP contribution in [0.15, 0.2) is 36.7 Å². The Hall–Kier alpha value is -2.67. The van der Waals surface area contributed by atoms with E-state index in [1.54, 1.807) is 13.8 Å². The predicted octanol–water partition coefficient (Wildman–Crippen LogP) is 1.74. The van der Waals surface area contributed by atoms with Gasteiger partial charge in [0.2, 0.25) is 11.8 Å². The Morgan fingerprint density at radius 1 is 1.21 bits per heavy atom. The van der Waals surface area contributed by atoms with Crippen LogP contribution >= 0.6 is 0 Å². The molecular formula is C22H29N5O2. The van der Waals surface area contributed by atoms with Crippen molar-refractivity contribution in [3.05, 3.63) is 47.8 Å². The first-order valence-corrected chi connectivity index (χ1v) is 10.2. The number of hydrogen-bond donors (Lipinski definition) is 1. The van der Waals surface area contributed by atoms with Gasteiger partial charge >= 0.3 is 0 Å². The third kappa shape index (κ3) is 4.05. The summed E-state index contributed by atoms with van der Waals surface area (Å²) >= 11 is 0. The Morgan fingerprint density at radius 3 is 2.66 bits per heavy atom. The Kier molecular flexibility index (Phi) is 5.17. The van der Waals surface area contributed by atoms with Gasteiger partial charge in [-0.05, 0) is 32.0 Å². The van der Waals surface area contributed by atoms with Crippen LogP contribution in [-0.4, -0.2) is 63.1 Å². The van der Waals surface area contributed by atoms with Crippen molar-refractivity contribution in [2.24, 2.45) is 5.92 Å². The van der Waals surface area contributed by atoms with Crippen molar-refractivity contribution in [1.82, 2.24) is 24.9 Å². The van der Waals surface area contributed by atoms with Crippen LogP contribution in [0.1, 0.15) is 31.4 Å². The van der Waals surface area contributed by atoms with Gasteiger partial charge in [0.05, 0.1) is 17.4 Å².